The first-order valence-corrected chi connectivity index (χ1v) is 6.13. The summed E-state index contributed by atoms with van der Waals surface area (Å²) in [5.74, 6) is 0.688. The molecule has 1 aliphatic rings. The molecule has 5 N–H and O–H groups in total. The van der Waals surface area contributed by atoms with Crippen LogP contribution in [-0.2, 0) is 0 Å². The number of hydrogen-bond acceptors (Lipinski definition) is 6. The monoisotopic (exact) mass is 269 g/mol. The molecule has 0 amide bonds. The van der Waals surface area contributed by atoms with Crippen LogP contribution in [0, 0.1) is 0 Å². The molecule has 1 aliphatic heterocycles. The van der Waals surface area contributed by atoms with Crippen LogP contribution in [0.1, 0.15) is 11.6 Å². The summed E-state index contributed by atoms with van der Waals surface area (Å²) in [5, 5.41) is 41.6. The third-order valence-corrected chi connectivity index (χ3v) is 3.52. The molecule has 1 aromatic rings. The molecule has 6 heteroatoms. The third kappa shape index (κ3) is 2.72. The molecule has 6 nitrogen and oxygen atoms in total. The van der Waals surface area contributed by atoms with Gasteiger partial charge in [-0.05, 0) is 17.7 Å². The number of piperidine rings is 1. The minimum Gasteiger partial charge on any atom is -0.497 e. The fraction of sp³-hybridized carbons (Fsp3) is 0.538. The maximum atomic E-state index is 10.0. The van der Waals surface area contributed by atoms with Gasteiger partial charge >= 0.3 is 0 Å². The van der Waals surface area contributed by atoms with Gasteiger partial charge in [0.15, 0.2) is 0 Å². The maximum Gasteiger partial charge on any atom is 0.118 e. The van der Waals surface area contributed by atoms with E-state index in [1.54, 1.807) is 31.4 Å². The fourth-order valence-electron chi connectivity index (χ4n) is 2.33. The zero-order valence-corrected chi connectivity index (χ0v) is 10.6. The molecule has 0 aliphatic carbocycles. The summed E-state index contributed by atoms with van der Waals surface area (Å²) < 4.78 is 5.05. The second-order valence-electron chi connectivity index (χ2n) is 4.68. The van der Waals surface area contributed by atoms with Crippen molar-refractivity contribution in [2.45, 2.75) is 30.4 Å². The van der Waals surface area contributed by atoms with Gasteiger partial charge in [0.25, 0.3) is 0 Å². The minimum absolute atomic E-state index is 0.322. The summed E-state index contributed by atoms with van der Waals surface area (Å²) in [7, 11) is 1.56. The van der Waals surface area contributed by atoms with Gasteiger partial charge in [0.1, 0.15) is 18.0 Å². The summed E-state index contributed by atoms with van der Waals surface area (Å²) in [4.78, 5) is 0. The number of hydrogen-bond donors (Lipinski definition) is 5. The normalized spacial score (nSPS) is 35.1. The molecule has 0 saturated carbocycles. The molecule has 1 saturated heterocycles. The lowest BCUT2D eigenvalue weighted by Crippen LogP contribution is -2.62. The molecule has 19 heavy (non-hydrogen) atoms. The van der Waals surface area contributed by atoms with Crippen molar-refractivity contribution in [2.75, 3.05) is 13.7 Å². The van der Waals surface area contributed by atoms with Crippen LogP contribution in [0.5, 0.6) is 5.75 Å². The van der Waals surface area contributed by atoms with Gasteiger partial charge in [0.2, 0.25) is 0 Å². The van der Waals surface area contributed by atoms with Gasteiger partial charge < -0.3 is 30.5 Å². The van der Waals surface area contributed by atoms with E-state index in [0.717, 1.165) is 5.56 Å². The number of aliphatic hydroxyl groups excluding tert-OH is 4. The molecule has 1 heterocycles. The predicted molar refractivity (Wildman–Crippen MR) is 67.8 cm³/mol. The van der Waals surface area contributed by atoms with Crippen LogP contribution in [0.4, 0.5) is 0 Å². The summed E-state index contributed by atoms with van der Waals surface area (Å²) in [5.41, 5.74) is 0.748. The van der Waals surface area contributed by atoms with Gasteiger partial charge in [-0.15, -0.1) is 0 Å². The van der Waals surface area contributed by atoms with Crippen molar-refractivity contribution in [2.24, 2.45) is 0 Å². The van der Waals surface area contributed by atoms with E-state index in [0.29, 0.717) is 5.75 Å². The van der Waals surface area contributed by atoms with Gasteiger partial charge in [-0.1, -0.05) is 12.1 Å². The average Bonchev–Trinajstić information content (AvgIpc) is 2.45. The summed E-state index contributed by atoms with van der Waals surface area (Å²) >= 11 is 0. The molecule has 0 aromatic heterocycles. The molecule has 0 unspecified atom stereocenters. The van der Waals surface area contributed by atoms with Crippen LogP contribution in [0.25, 0.3) is 0 Å². The maximum absolute atomic E-state index is 10.0. The van der Waals surface area contributed by atoms with E-state index in [9.17, 15) is 20.4 Å². The highest BCUT2D eigenvalue weighted by Gasteiger charge is 2.42. The second-order valence-corrected chi connectivity index (χ2v) is 4.68. The highest BCUT2D eigenvalue weighted by Crippen LogP contribution is 2.28. The van der Waals surface area contributed by atoms with E-state index < -0.39 is 30.4 Å². The number of ether oxygens (including phenoxy) is 1. The van der Waals surface area contributed by atoms with Crippen LogP contribution < -0.4 is 10.1 Å². The van der Waals surface area contributed by atoms with Crippen molar-refractivity contribution in [1.82, 2.24) is 5.32 Å². The Morgan fingerprint density at radius 2 is 1.68 bits per heavy atom. The quantitative estimate of drug-likeness (QED) is 0.471. The Labute approximate surface area is 111 Å². The topological polar surface area (TPSA) is 102 Å². The van der Waals surface area contributed by atoms with Crippen LogP contribution in [-0.4, -0.2) is 58.5 Å². The van der Waals surface area contributed by atoms with Crippen molar-refractivity contribution in [3.63, 3.8) is 0 Å². The van der Waals surface area contributed by atoms with E-state index in [1.807, 2.05) is 0 Å². The van der Waals surface area contributed by atoms with Gasteiger partial charge in [0.05, 0.1) is 31.9 Å². The zero-order chi connectivity index (χ0) is 14.0. The first-order chi connectivity index (χ1) is 9.08. The molecular formula is C13H19NO5. The molecule has 2 rings (SSSR count). The van der Waals surface area contributed by atoms with Crippen LogP contribution >= 0.6 is 0 Å². The fourth-order valence-corrected chi connectivity index (χ4v) is 2.33. The van der Waals surface area contributed by atoms with Crippen molar-refractivity contribution < 1.29 is 25.2 Å². The predicted octanol–water partition coefficient (Wildman–Crippen LogP) is -1.22. The van der Waals surface area contributed by atoms with Crippen LogP contribution in [0.2, 0.25) is 0 Å². The Morgan fingerprint density at radius 1 is 1.05 bits per heavy atom. The summed E-state index contributed by atoms with van der Waals surface area (Å²) in [6, 6.07) is 5.79. The van der Waals surface area contributed by atoms with Crippen molar-refractivity contribution >= 4 is 0 Å². The number of nitrogens with one attached hydrogen (secondary N) is 1. The van der Waals surface area contributed by atoms with Crippen molar-refractivity contribution in [3.8, 4) is 5.75 Å². The Morgan fingerprint density at radius 3 is 2.21 bits per heavy atom. The van der Waals surface area contributed by atoms with Crippen molar-refractivity contribution in [3.05, 3.63) is 29.8 Å². The smallest absolute Gasteiger partial charge is 0.118 e. The zero-order valence-electron chi connectivity index (χ0n) is 10.6. The number of rotatable bonds is 3. The Balaban J connectivity index is 2.21. The lowest BCUT2D eigenvalue weighted by Gasteiger charge is -2.41. The van der Waals surface area contributed by atoms with Gasteiger partial charge in [-0.3, -0.25) is 0 Å². The number of aliphatic hydroxyl groups is 4. The molecule has 106 valence electrons. The largest absolute Gasteiger partial charge is 0.497 e. The molecule has 5 atom stereocenters. The van der Waals surface area contributed by atoms with Gasteiger partial charge in [0, 0.05) is 0 Å². The Bertz CT molecular complexity index is 408. The van der Waals surface area contributed by atoms with E-state index in [2.05, 4.69) is 5.32 Å². The van der Waals surface area contributed by atoms with E-state index in [1.165, 1.54) is 0 Å². The lowest BCUT2D eigenvalue weighted by atomic mass is 9.87. The van der Waals surface area contributed by atoms with Crippen LogP contribution in [0.15, 0.2) is 24.3 Å². The van der Waals surface area contributed by atoms with E-state index >= 15 is 0 Å². The second kappa shape index (κ2) is 5.85. The van der Waals surface area contributed by atoms with Crippen molar-refractivity contribution in [1.29, 1.82) is 0 Å². The van der Waals surface area contributed by atoms with Crippen LogP contribution in [0.3, 0.4) is 0 Å². The first-order valence-electron chi connectivity index (χ1n) is 6.13. The highest BCUT2D eigenvalue weighted by molar-refractivity contribution is 5.30. The summed E-state index contributed by atoms with van der Waals surface area (Å²) in [6.45, 7) is -0.322. The van der Waals surface area contributed by atoms with Gasteiger partial charge in [-0.2, -0.15) is 0 Å². The SMILES string of the molecule is COc1ccc([C@H]2N[C@H](CO)[C@@H](O)[C@H](O)[C@H]2O)cc1. The van der Waals surface area contributed by atoms with E-state index in [4.69, 9.17) is 4.74 Å². The lowest BCUT2D eigenvalue weighted by molar-refractivity contribution is -0.120. The Kier molecular flexibility index (Phi) is 4.38. The highest BCUT2D eigenvalue weighted by atomic mass is 16.5. The molecule has 0 radical (unpaired) electrons. The van der Waals surface area contributed by atoms with Gasteiger partial charge in [-0.25, -0.2) is 0 Å². The Hall–Kier alpha value is -1.18. The van der Waals surface area contributed by atoms with E-state index in [-0.39, 0.29) is 6.61 Å². The minimum atomic E-state index is -1.30. The molecule has 1 aromatic carbocycles. The average molecular weight is 269 g/mol. The molecule has 1 fully saturated rings. The molecule has 0 bridgehead atoms. The molecular weight excluding hydrogens is 250 g/mol. The summed E-state index contributed by atoms with van der Waals surface area (Å²) in [6.07, 6.45) is -3.65. The number of benzene rings is 1. The number of methoxy groups -OCH3 is 1. The molecule has 0 spiro atoms. The standard InChI is InChI=1S/C13H19NO5/c1-19-8-4-2-7(3-5-8)10-12(17)13(18)11(16)9(6-15)14-10/h2-5,9-18H,6H2,1H3/t9-,10-,11-,12+,13+/m1/s1. The third-order valence-electron chi connectivity index (χ3n) is 3.52. The first kappa shape index (κ1) is 14.2.